The number of carbonyl (C=O) groups excluding carboxylic acids is 1. The third kappa shape index (κ3) is 3.84. The second kappa shape index (κ2) is 5.52. The molecule has 0 N–H and O–H groups in total. The van der Waals surface area contributed by atoms with Crippen molar-refractivity contribution < 1.29 is 4.79 Å². The van der Waals surface area contributed by atoms with Crippen molar-refractivity contribution in [3.05, 3.63) is 34.3 Å². The van der Waals surface area contributed by atoms with Crippen LogP contribution in [0.2, 0.25) is 0 Å². The molecule has 4 heteroatoms. The van der Waals surface area contributed by atoms with Crippen molar-refractivity contribution in [1.29, 1.82) is 0 Å². The fraction of sp³-hybridized carbons (Fsp3) is 0.364. The predicted molar refractivity (Wildman–Crippen MR) is 66.1 cm³/mol. The number of hydrogen-bond acceptors (Lipinski definition) is 1. The molecule has 0 spiro atoms. The Kier molecular flexibility index (Phi) is 4.61. The van der Waals surface area contributed by atoms with Gasteiger partial charge in [0, 0.05) is 17.1 Å². The van der Waals surface area contributed by atoms with Gasteiger partial charge in [0.05, 0.1) is 0 Å². The van der Waals surface area contributed by atoms with Gasteiger partial charge in [-0.15, -0.1) is 0 Å². The van der Waals surface area contributed by atoms with Gasteiger partial charge in [0.2, 0.25) is 0 Å². The van der Waals surface area contributed by atoms with E-state index in [1.165, 1.54) is 0 Å². The lowest BCUT2D eigenvalue weighted by Gasteiger charge is -2.23. The van der Waals surface area contributed by atoms with Gasteiger partial charge >= 0.3 is 5.37 Å². The summed E-state index contributed by atoms with van der Waals surface area (Å²) in [7, 11) is 0. The Morgan fingerprint density at radius 2 is 1.93 bits per heavy atom. The van der Waals surface area contributed by atoms with Crippen molar-refractivity contribution in [3.63, 3.8) is 0 Å². The van der Waals surface area contributed by atoms with Crippen LogP contribution >= 0.6 is 27.5 Å². The quantitative estimate of drug-likeness (QED) is 0.608. The minimum absolute atomic E-state index is 0.110. The molecule has 0 atom stereocenters. The van der Waals surface area contributed by atoms with Crippen LogP contribution in [0, 0.1) is 0 Å². The van der Waals surface area contributed by atoms with Crippen LogP contribution in [0.1, 0.15) is 19.4 Å². The second-order valence-electron chi connectivity index (χ2n) is 3.60. The zero-order chi connectivity index (χ0) is 11.4. The Labute approximate surface area is 103 Å². The first kappa shape index (κ1) is 12.5. The zero-order valence-electron chi connectivity index (χ0n) is 8.71. The molecule has 0 bridgehead atoms. The van der Waals surface area contributed by atoms with Crippen molar-refractivity contribution in [1.82, 2.24) is 4.90 Å². The maximum absolute atomic E-state index is 11.1. The van der Waals surface area contributed by atoms with Crippen LogP contribution in [0.15, 0.2) is 28.7 Å². The number of halogens is 2. The molecule has 0 saturated carbocycles. The zero-order valence-corrected chi connectivity index (χ0v) is 11.0. The molecule has 1 aromatic rings. The van der Waals surface area contributed by atoms with Gasteiger partial charge in [-0.2, -0.15) is 0 Å². The molecule has 0 aliphatic heterocycles. The molecule has 0 aromatic heterocycles. The molecule has 2 nitrogen and oxygen atoms in total. The topological polar surface area (TPSA) is 20.3 Å². The number of benzene rings is 1. The van der Waals surface area contributed by atoms with Crippen molar-refractivity contribution in [2.45, 2.75) is 26.4 Å². The van der Waals surface area contributed by atoms with Crippen molar-refractivity contribution in [3.8, 4) is 0 Å². The highest BCUT2D eigenvalue weighted by Crippen LogP contribution is 2.14. The third-order valence-electron chi connectivity index (χ3n) is 2.12. The molecule has 1 aromatic carbocycles. The molecule has 0 heterocycles. The van der Waals surface area contributed by atoms with Crippen molar-refractivity contribution in [2.24, 2.45) is 0 Å². The van der Waals surface area contributed by atoms with Crippen molar-refractivity contribution >= 4 is 32.9 Å². The lowest BCUT2D eigenvalue weighted by atomic mass is 10.2. The molecule has 0 unspecified atom stereocenters. The Balaban J connectivity index is 2.74. The van der Waals surface area contributed by atoms with Crippen LogP contribution in [0.3, 0.4) is 0 Å². The average molecular weight is 291 g/mol. The second-order valence-corrected chi connectivity index (χ2v) is 4.84. The third-order valence-corrected chi connectivity index (χ3v) is 2.86. The molecule has 1 amide bonds. The fourth-order valence-corrected chi connectivity index (χ4v) is 1.75. The SMILES string of the molecule is CC(C)N(Cc1ccc(Br)cc1)C(=O)Cl. The van der Waals surface area contributed by atoms with E-state index in [0.29, 0.717) is 6.54 Å². The fourth-order valence-electron chi connectivity index (χ4n) is 1.23. The average Bonchev–Trinajstić information content (AvgIpc) is 2.15. The Hall–Kier alpha value is -0.540. The largest absolute Gasteiger partial charge is 0.322 e. The Bertz CT molecular complexity index is 337. The van der Waals surface area contributed by atoms with Gasteiger partial charge in [-0.3, -0.25) is 4.79 Å². The summed E-state index contributed by atoms with van der Waals surface area (Å²) in [6, 6.07) is 7.95. The molecule has 15 heavy (non-hydrogen) atoms. The summed E-state index contributed by atoms with van der Waals surface area (Å²) >= 11 is 8.86. The lowest BCUT2D eigenvalue weighted by Crippen LogP contribution is -2.32. The summed E-state index contributed by atoms with van der Waals surface area (Å²) in [5.74, 6) is 0. The van der Waals surface area contributed by atoms with Crippen LogP contribution in [0.25, 0.3) is 0 Å². The van der Waals surface area contributed by atoms with Crippen LogP contribution in [0.4, 0.5) is 4.79 Å². The lowest BCUT2D eigenvalue weighted by molar-refractivity contribution is 0.204. The van der Waals surface area contributed by atoms with E-state index < -0.39 is 5.37 Å². The molecule has 0 aliphatic rings. The Morgan fingerprint density at radius 3 is 2.33 bits per heavy atom. The van der Waals surface area contributed by atoms with Crippen molar-refractivity contribution in [2.75, 3.05) is 0 Å². The van der Waals surface area contributed by atoms with Gasteiger partial charge in [-0.25, -0.2) is 0 Å². The predicted octanol–water partition coefficient (Wildman–Crippen LogP) is 4.02. The van der Waals surface area contributed by atoms with E-state index in [0.717, 1.165) is 10.0 Å². The summed E-state index contributed by atoms with van der Waals surface area (Å²) < 4.78 is 1.03. The minimum atomic E-state index is -0.409. The van der Waals surface area contributed by atoms with Gasteiger partial charge in [-0.05, 0) is 43.1 Å². The smallest absolute Gasteiger partial charge is 0.316 e. The van der Waals surface area contributed by atoms with E-state index in [4.69, 9.17) is 11.6 Å². The van der Waals surface area contributed by atoms with E-state index in [1.54, 1.807) is 4.90 Å². The maximum Gasteiger partial charge on any atom is 0.316 e. The van der Waals surface area contributed by atoms with Crippen LogP contribution < -0.4 is 0 Å². The highest BCUT2D eigenvalue weighted by atomic mass is 79.9. The van der Waals surface area contributed by atoms with E-state index in [-0.39, 0.29) is 6.04 Å². The molecule has 0 fully saturated rings. The molecule has 82 valence electrons. The highest BCUT2D eigenvalue weighted by molar-refractivity contribution is 9.10. The number of carbonyl (C=O) groups is 1. The van der Waals surface area contributed by atoms with Crippen LogP contribution in [-0.4, -0.2) is 16.3 Å². The monoisotopic (exact) mass is 289 g/mol. The number of hydrogen-bond donors (Lipinski definition) is 0. The number of amides is 1. The maximum atomic E-state index is 11.1. The van der Waals surface area contributed by atoms with Crippen LogP contribution in [0.5, 0.6) is 0 Å². The van der Waals surface area contributed by atoms with Gasteiger partial charge in [0.1, 0.15) is 0 Å². The Morgan fingerprint density at radius 1 is 1.40 bits per heavy atom. The normalized spacial score (nSPS) is 10.5. The molecular weight excluding hydrogens is 277 g/mol. The molecule has 0 radical (unpaired) electrons. The standard InChI is InChI=1S/C11H13BrClNO/c1-8(2)14(11(13)15)7-9-3-5-10(12)6-4-9/h3-6,8H,7H2,1-2H3. The molecular formula is C11H13BrClNO. The summed E-state index contributed by atoms with van der Waals surface area (Å²) in [4.78, 5) is 12.8. The minimum Gasteiger partial charge on any atom is -0.322 e. The number of nitrogens with zero attached hydrogens (tertiary/aromatic N) is 1. The first-order valence-electron chi connectivity index (χ1n) is 4.71. The van der Waals surface area contributed by atoms with Gasteiger partial charge in [0.15, 0.2) is 0 Å². The van der Waals surface area contributed by atoms with E-state index in [1.807, 2.05) is 38.1 Å². The summed E-state index contributed by atoms with van der Waals surface area (Å²) in [6.07, 6.45) is 0. The summed E-state index contributed by atoms with van der Waals surface area (Å²) in [5.41, 5.74) is 1.07. The molecule has 1 rings (SSSR count). The number of rotatable bonds is 3. The van der Waals surface area contributed by atoms with Gasteiger partial charge in [-0.1, -0.05) is 28.1 Å². The molecule has 0 saturated heterocycles. The first-order valence-corrected chi connectivity index (χ1v) is 5.88. The summed E-state index contributed by atoms with van der Waals surface area (Å²) in [5, 5.41) is -0.409. The van der Waals surface area contributed by atoms with E-state index in [2.05, 4.69) is 15.9 Å². The van der Waals surface area contributed by atoms with E-state index in [9.17, 15) is 4.79 Å². The van der Waals surface area contributed by atoms with Gasteiger partial charge in [0.25, 0.3) is 0 Å². The first-order chi connectivity index (χ1) is 7.00. The van der Waals surface area contributed by atoms with Gasteiger partial charge < -0.3 is 4.90 Å². The van der Waals surface area contributed by atoms with Crippen LogP contribution in [-0.2, 0) is 6.54 Å². The van der Waals surface area contributed by atoms with E-state index >= 15 is 0 Å². The highest BCUT2D eigenvalue weighted by Gasteiger charge is 2.14. The summed E-state index contributed by atoms with van der Waals surface area (Å²) in [6.45, 7) is 4.44. The molecule has 0 aliphatic carbocycles.